The number of halogens is 1. The molecule has 0 spiro atoms. The van der Waals surface area contributed by atoms with E-state index in [9.17, 15) is 14.0 Å². The van der Waals surface area contributed by atoms with Crippen molar-refractivity contribution in [1.82, 2.24) is 10.2 Å². The van der Waals surface area contributed by atoms with Crippen molar-refractivity contribution in [2.75, 3.05) is 38.2 Å². The molecule has 1 fully saturated rings. The van der Waals surface area contributed by atoms with Gasteiger partial charge in [0.05, 0.1) is 23.1 Å². The molecule has 1 aromatic heterocycles. The molecule has 0 saturated carbocycles. The molecule has 8 heteroatoms. The van der Waals surface area contributed by atoms with Crippen molar-refractivity contribution in [1.29, 1.82) is 0 Å². The molecular weight excluding hydrogens is 393 g/mol. The van der Waals surface area contributed by atoms with Crippen molar-refractivity contribution in [2.24, 2.45) is 0 Å². The van der Waals surface area contributed by atoms with Gasteiger partial charge in [0.2, 0.25) is 0 Å². The van der Waals surface area contributed by atoms with Crippen LogP contribution in [-0.2, 0) is 4.74 Å². The lowest BCUT2D eigenvalue weighted by Gasteiger charge is -2.27. The Labute approximate surface area is 174 Å². The van der Waals surface area contributed by atoms with Gasteiger partial charge in [-0.25, -0.2) is 4.39 Å². The Hall–Kier alpha value is -2.29. The van der Waals surface area contributed by atoms with Gasteiger partial charge in [-0.2, -0.15) is 0 Å². The fourth-order valence-electron chi connectivity index (χ4n) is 3.15. The van der Waals surface area contributed by atoms with Crippen molar-refractivity contribution >= 4 is 28.2 Å². The molecule has 1 aliphatic heterocycles. The number of amides is 2. The minimum atomic E-state index is -0.467. The Morgan fingerprint density at radius 1 is 1.24 bits per heavy atom. The molecule has 156 valence electrons. The van der Waals surface area contributed by atoms with E-state index in [1.165, 1.54) is 29.5 Å². The van der Waals surface area contributed by atoms with Crippen LogP contribution in [0.2, 0.25) is 0 Å². The first kappa shape index (κ1) is 21.4. The number of hydrogen-bond acceptors (Lipinski definition) is 5. The number of nitrogens with one attached hydrogen (secondary N) is 2. The minimum Gasteiger partial charge on any atom is -0.379 e. The molecule has 2 aromatic rings. The number of hydrogen-bond donors (Lipinski definition) is 2. The number of nitrogens with zero attached hydrogens (tertiary/aromatic N) is 1. The van der Waals surface area contributed by atoms with Crippen LogP contribution in [0.3, 0.4) is 0 Å². The van der Waals surface area contributed by atoms with E-state index in [2.05, 4.69) is 15.5 Å². The van der Waals surface area contributed by atoms with Crippen LogP contribution >= 0.6 is 11.3 Å². The van der Waals surface area contributed by atoms with Crippen molar-refractivity contribution in [3.63, 3.8) is 0 Å². The van der Waals surface area contributed by atoms with Crippen LogP contribution in [0.15, 0.2) is 30.3 Å². The van der Waals surface area contributed by atoms with E-state index < -0.39 is 11.7 Å². The highest BCUT2D eigenvalue weighted by atomic mass is 32.1. The second kappa shape index (κ2) is 9.96. The molecule has 0 aliphatic carbocycles. The Kier molecular flexibility index (Phi) is 7.35. The van der Waals surface area contributed by atoms with Gasteiger partial charge in [-0.05, 0) is 50.1 Å². The molecule has 3 rings (SSSR count). The lowest BCUT2D eigenvalue weighted by atomic mass is 10.2. The van der Waals surface area contributed by atoms with Crippen molar-refractivity contribution in [3.05, 3.63) is 52.2 Å². The number of ether oxygens (including phenoxy) is 1. The first-order chi connectivity index (χ1) is 13.9. The highest BCUT2D eigenvalue weighted by molar-refractivity contribution is 7.18. The maximum absolute atomic E-state index is 13.3. The molecule has 0 bridgehead atoms. The minimum absolute atomic E-state index is 0.0391. The molecular formula is C21H26FN3O3S. The molecule has 2 amide bonds. The summed E-state index contributed by atoms with van der Waals surface area (Å²) in [5, 5.41) is 6.33. The fourth-order valence-corrected chi connectivity index (χ4v) is 4.12. The monoisotopic (exact) mass is 419 g/mol. The summed E-state index contributed by atoms with van der Waals surface area (Å²) in [4.78, 5) is 27.8. The zero-order valence-corrected chi connectivity index (χ0v) is 17.5. The van der Waals surface area contributed by atoms with Gasteiger partial charge in [-0.3, -0.25) is 14.5 Å². The Bertz CT molecular complexity index is 865. The number of aryl methyl sites for hydroxylation is 1. The lowest BCUT2D eigenvalue weighted by Crippen LogP contribution is -2.40. The summed E-state index contributed by atoms with van der Waals surface area (Å²) in [6.45, 7) is 8.13. The fraction of sp³-hybridized carbons (Fsp3) is 0.429. The van der Waals surface area contributed by atoms with Crippen molar-refractivity contribution in [3.8, 4) is 0 Å². The average molecular weight is 420 g/mol. The van der Waals surface area contributed by atoms with Gasteiger partial charge < -0.3 is 15.4 Å². The predicted octanol–water partition coefficient (Wildman–Crippen LogP) is 3.29. The van der Waals surface area contributed by atoms with Gasteiger partial charge in [-0.15, -0.1) is 11.3 Å². The van der Waals surface area contributed by atoms with Gasteiger partial charge in [0.15, 0.2) is 0 Å². The second-order valence-electron chi connectivity index (χ2n) is 7.20. The van der Waals surface area contributed by atoms with Crippen LogP contribution in [0, 0.1) is 12.7 Å². The van der Waals surface area contributed by atoms with Crippen LogP contribution in [0.4, 0.5) is 9.39 Å². The summed E-state index contributed by atoms with van der Waals surface area (Å²) >= 11 is 1.22. The summed E-state index contributed by atoms with van der Waals surface area (Å²) < 4.78 is 18.7. The SMILES string of the molecule is Cc1cc(NC(=O)c2cccc(F)c2)sc1C(=O)NC(C)CCN1CCOCC1. The van der Waals surface area contributed by atoms with Gasteiger partial charge in [-0.1, -0.05) is 6.07 Å². The first-order valence-corrected chi connectivity index (χ1v) is 10.5. The third-order valence-corrected chi connectivity index (χ3v) is 5.96. The van der Waals surface area contributed by atoms with Crippen LogP contribution in [0.5, 0.6) is 0 Å². The second-order valence-corrected chi connectivity index (χ2v) is 8.26. The Morgan fingerprint density at radius 2 is 2.00 bits per heavy atom. The van der Waals surface area contributed by atoms with E-state index in [1.54, 1.807) is 12.1 Å². The molecule has 1 aromatic carbocycles. The molecule has 29 heavy (non-hydrogen) atoms. The molecule has 1 unspecified atom stereocenters. The number of benzene rings is 1. The molecule has 2 heterocycles. The van der Waals surface area contributed by atoms with E-state index in [1.807, 2.05) is 13.8 Å². The quantitative estimate of drug-likeness (QED) is 0.723. The number of anilines is 1. The summed E-state index contributed by atoms with van der Waals surface area (Å²) in [7, 11) is 0. The van der Waals surface area contributed by atoms with E-state index in [0.717, 1.165) is 44.8 Å². The number of carbonyl (C=O) groups excluding carboxylic acids is 2. The topological polar surface area (TPSA) is 70.7 Å². The zero-order chi connectivity index (χ0) is 20.8. The molecule has 1 aliphatic rings. The van der Waals surface area contributed by atoms with E-state index in [0.29, 0.717) is 9.88 Å². The van der Waals surface area contributed by atoms with Gasteiger partial charge in [0.25, 0.3) is 11.8 Å². The number of thiophene rings is 1. The van der Waals surface area contributed by atoms with Gasteiger partial charge in [0.1, 0.15) is 5.82 Å². The predicted molar refractivity (Wildman–Crippen MR) is 112 cm³/mol. The summed E-state index contributed by atoms with van der Waals surface area (Å²) in [6.07, 6.45) is 0.860. The lowest BCUT2D eigenvalue weighted by molar-refractivity contribution is 0.0363. The first-order valence-electron chi connectivity index (χ1n) is 9.70. The largest absolute Gasteiger partial charge is 0.379 e. The molecule has 1 saturated heterocycles. The summed E-state index contributed by atoms with van der Waals surface area (Å²) in [6, 6.07) is 7.30. The van der Waals surface area contributed by atoms with Crippen molar-refractivity contribution in [2.45, 2.75) is 26.3 Å². The van der Waals surface area contributed by atoms with Crippen molar-refractivity contribution < 1.29 is 18.7 Å². The van der Waals surface area contributed by atoms with E-state index >= 15 is 0 Å². The zero-order valence-electron chi connectivity index (χ0n) is 16.7. The van der Waals surface area contributed by atoms with Crippen LogP contribution in [0.25, 0.3) is 0 Å². The third-order valence-electron chi connectivity index (χ3n) is 4.81. The van der Waals surface area contributed by atoms with E-state index in [4.69, 9.17) is 4.74 Å². The van der Waals surface area contributed by atoms with Crippen LogP contribution in [-0.4, -0.2) is 55.6 Å². The highest BCUT2D eigenvalue weighted by Gasteiger charge is 2.18. The third kappa shape index (κ3) is 6.09. The maximum Gasteiger partial charge on any atom is 0.261 e. The smallest absolute Gasteiger partial charge is 0.261 e. The Balaban J connectivity index is 1.54. The molecule has 1 atom stereocenters. The number of carbonyl (C=O) groups is 2. The number of rotatable bonds is 7. The molecule has 0 radical (unpaired) electrons. The standard InChI is InChI=1S/C21H26FN3O3S/c1-14-12-18(24-20(26)16-4-3-5-17(22)13-16)29-19(14)21(27)23-15(2)6-7-25-8-10-28-11-9-25/h3-5,12-13,15H,6-11H2,1-2H3,(H,23,27)(H,24,26). The highest BCUT2D eigenvalue weighted by Crippen LogP contribution is 2.27. The Morgan fingerprint density at radius 3 is 2.72 bits per heavy atom. The van der Waals surface area contributed by atoms with Gasteiger partial charge in [0, 0.05) is 31.2 Å². The summed E-state index contributed by atoms with van der Waals surface area (Å²) in [5.41, 5.74) is 1.03. The number of morpholine rings is 1. The summed E-state index contributed by atoms with van der Waals surface area (Å²) in [5.74, 6) is -1.02. The van der Waals surface area contributed by atoms with E-state index in [-0.39, 0.29) is 17.5 Å². The maximum atomic E-state index is 13.3. The molecule has 2 N–H and O–H groups in total. The van der Waals surface area contributed by atoms with Crippen LogP contribution < -0.4 is 10.6 Å². The normalized spacial score (nSPS) is 15.7. The molecule has 6 nitrogen and oxygen atoms in total. The van der Waals surface area contributed by atoms with Gasteiger partial charge >= 0.3 is 0 Å². The van der Waals surface area contributed by atoms with Crippen LogP contribution in [0.1, 0.15) is 38.9 Å². The average Bonchev–Trinajstić information content (AvgIpc) is 3.07.